The fourth-order valence-electron chi connectivity index (χ4n) is 1.73. The normalized spacial score (nSPS) is 11.2. The highest BCUT2D eigenvalue weighted by Crippen LogP contribution is 2.32. The molecule has 2 aromatic heterocycles. The second-order valence-corrected chi connectivity index (χ2v) is 5.73. The smallest absolute Gasteiger partial charge is 0.265 e. The Morgan fingerprint density at radius 2 is 2.11 bits per heavy atom. The number of hydrogen-bond donors (Lipinski definition) is 1. The molecule has 0 aliphatic heterocycles. The van der Waals surface area contributed by atoms with Crippen molar-refractivity contribution in [3.05, 3.63) is 23.2 Å². The third kappa shape index (κ3) is 2.85. The van der Waals surface area contributed by atoms with E-state index in [1.807, 2.05) is 31.1 Å². The van der Waals surface area contributed by atoms with Gasteiger partial charge in [0.2, 0.25) is 0 Å². The van der Waals surface area contributed by atoms with Gasteiger partial charge in [-0.15, -0.1) is 11.3 Å². The van der Waals surface area contributed by atoms with Crippen molar-refractivity contribution < 1.29 is 4.79 Å². The van der Waals surface area contributed by atoms with Crippen LogP contribution >= 0.6 is 11.3 Å². The minimum atomic E-state index is -0.0395. The van der Waals surface area contributed by atoms with Crippen molar-refractivity contribution in [2.24, 2.45) is 0 Å². The second kappa shape index (κ2) is 5.54. The number of carbonyl (C=O) groups is 1. The molecule has 2 aromatic rings. The molecule has 0 fully saturated rings. The van der Waals surface area contributed by atoms with Crippen molar-refractivity contribution in [3.63, 3.8) is 0 Å². The van der Waals surface area contributed by atoms with Crippen molar-refractivity contribution in [2.75, 3.05) is 40.0 Å². The largest absolute Gasteiger partial charge is 0.397 e. The molecule has 0 spiro atoms. The van der Waals surface area contributed by atoms with Gasteiger partial charge in [-0.1, -0.05) is 0 Å². The highest BCUT2D eigenvalue weighted by Gasteiger charge is 2.19. The quantitative estimate of drug-likeness (QED) is 0.921. The molecule has 102 valence electrons. The van der Waals surface area contributed by atoms with Crippen molar-refractivity contribution in [2.45, 2.75) is 0 Å². The summed E-state index contributed by atoms with van der Waals surface area (Å²) in [5.41, 5.74) is 6.58. The number of carbonyl (C=O) groups excluding carboxylic acids is 1. The number of hydrogen-bond acceptors (Lipinski definition) is 5. The highest BCUT2D eigenvalue weighted by atomic mass is 32.1. The number of pyridine rings is 1. The molecule has 0 bridgehead atoms. The Kier molecular flexibility index (Phi) is 4.01. The first-order valence-corrected chi connectivity index (χ1v) is 6.85. The van der Waals surface area contributed by atoms with Crippen LogP contribution in [0.5, 0.6) is 0 Å². The minimum Gasteiger partial charge on any atom is -0.397 e. The van der Waals surface area contributed by atoms with Gasteiger partial charge >= 0.3 is 0 Å². The molecule has 0 aliphatic rings. The number of rotatable bonds is 4. The van der Waals surface area contributed by atoms with Crippen LogP contribution < -0.4 is 5.73 Å². The standard InChI is InChI=1S/C13H18N4OS/c1-16(2)7-8-17(3)13(18)11-10(14)9-5-4-6-15-12(9)19-11/h4-6H,7-8,14H2,1-3H3. The zero-order valence-electron chi connectivity index (χ0n) is 11.4. The summed E-state index contributed by atoms with van der Waals surface area (Å²) in [7, 11) is 5.76. The van der Waals surface area contributed by atoms with Gasteiger partial charge in [-0.3, -0.25) is 4.79 Å². The Bertz CT molecular complexity index is 593. The summed E-state index contributed by atoms with van der Waals surface area (Å²) in [4.78, 5) is 21.7. The van der Waals surface area contributed by atoms with E-state index in [2.05, 4.69) is 4.98 Å². The average Bonchev–Trinajstić information content (AvgIpc) is 2.73. The van der Waals surface area contributed by atoms with Crippen LogP contribution in [0.15, 0.2) is 18.3 Å². The Balaban J connectivity index is 2.24. The lowest BCUT2D eigenvalue weighted by Gasteiger charge is -2.19. The second-order valence-electron chi connectivity index (χ2n) is 4.73. The van der Waals surface area contributed by atoms with E-state index in [0.29, 0.717) is 17.1 Å². The van der Waals surface area contributed by atoms with Gasteiger partial charge in [0.25, 0.3) is 5.91 Å². The molecule has 2 N–H and O–H groups in total. The van der Waals surface area contributed by atoms with E-state index in [9.17, 15) is 4.79 Å². The predicted octanol–water partition coefficient (Wildman–Crippen LogP) is 1.51. The van der Waals surface area contributed by atoms with Crippen LogP contribution in [-0.2, 0) is 0 Å². The Labute approximate surface area is 116 Å². The average molecular weight is 278 g/mol. The van der Waals surface area contributed by atoms with Gasteiger partial charge in [0, 0.05) is 31.7 Å². The van der Waals surface area contributed by atoms with Crippen LogP contribution in [0.25, 0.3) is 10.2 Å². The summed E-state index contributed by atoms with van der Waals surface area (Å²) >= 11 is 1.35. The number of anilines is 1. The van der Waals surface area contributed by atoms with E-state index in [0.717, 1.165) is 16.8 Å². The van der Waals surface area contributed by atoms with E-state index in [4.69, 9.17) is 5.73 Å². The van der Waals surface area contributed by atoms with Crippen LogP contribution in [0.4, 0.5) is 5.69 Å². The number of amides is 1. The number of nitrogens with zero attached hydrogens (tertiary/aromatic N) is 3. The minimum absolute atomic E-state index is 0.0395. The van der Waals surface area contributed by atoms with Gasteiger partial charge in [0.05, 0.1) is 5.69 Å². The predicted molar refractivity (Wildman–Crippen MR) is 79.5 cm³/mol. The Hall–Kier alpha value is -1.66. The topological polar surface area (TPSA) is 62.5 Å². The zero-order valence-corrected chi connectivity index (χ0v) is 12.2. The van der Waals surface area contributed by atoms with Gasteiger partial charge in [-0.2, -0.15) is 0 Å². The van der Waals surface area contributed by atoms with Crippen LogP contribution in [0.2, 0.25) is 0 Å². The van der Waals surface area contributed by atoms with Gasteiger partial charge < -0.3 is 15.5 Å². The van der Waals surface area contributed by atoms with Crippen molar-refractivity contribution in [1.82, 2.24) is 14.8 Å². The number of aromatic nitrogens is 1. The summed E-state index contributed by atoms with van der Waals surface area (Å²) < 4.78 is 0. The lowest BCUT2D eigenvalue weighted by atomic mass is 10.2. The number of thiophene rings is 1. The first-order chi connectivity index (χ1) is 9.00. The number of fused-ring (bicyclic) bond motifs is 1. The van der Waals surface area contributed by atoms with Gasteiger partial charge in [-0.25, -0.2) is 4.98 Å². The van der Waals surface area contributed by atoms with Crippen molar-refractivity contribution in [3.8, 4) is 0 Å². The van der Waals surface area contributed by atoms with Gasteiger partial charge in [0.1, 0.15) is 9.71 Å². The maximum absolute atomic E-state index is 12.4. The lowest BCUT2D eigenvalue weighted by molar-refractivity contribution is 0.0792. The van der Waals surface area contributed by atoms with E-state index in [1.165, 1.54) is 11.3 Å². The molecule has 19 heavy (non-hydrogen) atoms. The van der Waals surface area contributed by atoms with Crippen LogP contribution in [0.3, 0.4) is 0 Å². The molecule has 0 atom stereocenters. The van der Waals surface area contributed by atoms with E-state index in [1.54, 1.807) is 18.1 Å². The highest BCUT2D eigenvalue weighted by molar-refractivity contribution is 7.21. The number of nitrogen functional groups attached to an aromatic ring is 1. The van der Waals surface area contributed by atoms with E-state index < -0.39 is 0 Å². The maximum atomic E-state index is 12.4. The summed E-state index contributed by atoms with van der Waals surface area (Å²) in [6.07, 6.45) is 1.71. The van der Waals surface area contributed by atoms with Crippen LogP contribution in [0.1, 0.15) is 9.67 Å². The van der Waals surface area contributed by atoms with Crippen molar-refractivity contribution in [1.29, 1.82) is 0 Å². The molecule has 2 rings (SSSR count). The molecule has 0 saturated heterocycles. The third-order valence-corrected chi connectivity index (χ3v) is 4.05. The van der Waals surface area contributed by atoms with Crippen molar-refractivity contribution >= 4 is 33.1 Å². The number of likely N-dealkylation sites (N-methyl/N-ethyl adjacent to an activating group) is 2. The molecule has 2 heterocycles. The molecule has 1 amide bonds. The fourth-order valence-corrected chi connectivity index (χ4v) is 2.79. The molecule has 0 unspecified atom stereocenters. The number of nitrogens with two attached hydrogens (primary N) is 1. The third-order valence-electron chi connectivity index (χ3n) is 2.93. The summed E-state index contributed by atoms with van der Waals surface area (Å²) in [5, 5.41) is 0.858. The molecule has 0 aromatic carbocycles. The Morgan fingerprint density at radius 1 is 1.37 bits per heavy atom. The molecule has 0 aliphatic carbocycles. The van der Waals surface area contributed by atoms with Crippen LogP contribution in [-0.4, -0.2) is 54.9 Å². The monoisotopic (exact) mass is 278 g/mol. The Morgan fingerprint density at radius 3 is 2.74 bits per heavy atom. The molecular formula is C13H18N4OS. The maximum Gasteiger partial charge on any atom is 0.265 e. The molecule has 0 saturated carbocycles. The first kappa shape index (κ1) is 13.8. The van der Waals surface area contributed by atoms with Gasteiger partial charge in [-0.05, 0) is 26.2 Å². The molecular weight excluding hydrogens is 260 g/mol. The summed E-state index contributed by atoms with van der Waals surface area (Å²) in [6, 6.07) is 3.72. The van der Waals surface area contributed by atoms with Crippen LogP contribution in [0, 0.1) is 0 Å². The first-order valence-electron chi connectivity index (χ1n) is 6.04. The summed E-state index contributed by atoms with van der Waals surface area (Å²) in [5.74, 6) is -0.0395. The summed E-state index contributed by atoms with van der Waals surface area (Å²) in [6.45, 7) is 1.50. The van der Waals surface area contributed by atoms with Gasteiger partial charge in [0.15, 0.2) is 0 Å². The van der Waals surface area contributed by atoms with E-state index >= 15 is 0 Å². The fraction of sp³-hybridized carbons (Fsp3) is 0.385. The molecule has 5 nitrogen and oxygen atoms in total. The zero-order chi connectivity index (χ0) is 14.0. The van der Waals surface area contributed by atoms with E-state index in [-0.39, 0.29) is 5.91 Å². The lowest BCUT2D eigenvalue weighted by Crippen LogP contribution is -2.33. The molecule has 0 radical (unpaired) electrons. The molecule has 6 heteroatoms. The SMILES string of the molecule is CN(C)CCN(C)C(=O)c1sc2ncccc2c1N.